The number of aliphatic carboxylic acids is 1. The summed E-state index contributed by atoms with van der Waals surface area (Å²) in [5.41, 5.74) is 5.77. The number of rotatable bonds is 4. The molecule has 0 aromatic heterocycles. The summed E-state index contributed by atoms with van der Waals surface area (Å²) in [6, 6.07) is -0.600. The minimum atomic E-state index is -0.971. The van der Waals surface area contributed by atoms with Crippen molar-refractivity contribution in [1.82, 2.24) is 5.32 Å². The van der Waals surface area contributed by atoms with Crippen molar-refractivity contribution in [3.05, 3.63) is 0 Å². The molecular formula is C12H22N2O3. The predicted molar refractivity (Wildman–Crippen MR) is 64.3 cm³/mol. The topological polar surface area (TPSA) is 92.4 Å². The van der Waals surface area contributed by atoms with Crippen LogP contribution in [0.4, 0.5) is 0 Å². The van der Waals surface area contributed by atoms with Gasteiger partial charge in [0.05, 0.1) is 0 Å². The van der Waals surface area contributed by atoms with Gasteiger partial charge < -0.3 is 16.2 Å². The Hall–Kier alpha value is -1.10. The van der Waals surface area contributed by atoms with Crippen LogP contribution in [-0.4, -0.2) is 29.1 Å². The SMILES string of the molecule is CC(C)[C@H](NC(=O)C1CCC(N)CC1)C(=O)O. The molecule has 1 aliphatic carbocycles. The number of nitrogens with one attached hydrogen (secondary N) is 1. The van der Waals surface area contributed by atoms with Gasteiger partial charge in [0, 0.05) is 12.0 Å². The monoisotopic (exact) mass is 242 g/mol. The Morgan fingerprint density at radius 2 is 1.76 bits per heavy atom. The molecule has 0 heterocycles. The third kappa shape index (κ3) is 4.00. The fraction of sp³-hybridized carbons (Fsp3) is 0.833. The van der Waals surface area contributed by atoms with E-state index in [0.717, 1.165) is 25.7 Å². The van der Waals surface area contributed by atoms with Crippen molar-refractivity contribution in [3.63, 3.8) is 0 Å². The summed E-state index contributed by atoms with van der Waals surface area (Å²) in [5.74, 6) is -1.29. The zero-order chi connectivity index (χ0) is 13.0. The zero-order valence-electron chi connectivity index (χ0n) is 10.5. The van der Waals surface area contributed by atoms with Crippen molar-refractivity contribution in [3.8, 4) is 0 Å². The Kier molecular flexibility index (Phi) is 4.93. The smallest absolute Gasteiger partial charge is 0.326 e. The largest absolute Gasteiger partial charge is 0.480 e. The van der Waals surface area contributed by atoms with Gasteiger partial charge in [0.15, 0.2) is 0 Å². The molecule has 1 amide bonds. The van der Waals surface area contributed by atoms with E-state index in [2.05, 4.69) is 5.32 Å². The molecule has 1 rings (SSSR count). The van der Waals surface area contributed by atoms with Gasteiger partial charge >= 0.3 is 5.97 Å². The van der Waals surface area contributed by atoms with Crippen LogP contribution < -0.4 is 11.1 Å². The number of carbonyl (C=O) groups is 2. The lowest BCUT2D eigenvalue weighted by atomic mass is 9.85. The van der Waals surface area contributed by atoms with Crippen LogP contribution in [0.15, 0.2) is 0 Å². The standard InChI is InChI=1S/C12H22N2O3/c1-7(2)10(12(16)17)14-11(15)8-3-5-9(13)6-4-8/h7-10H,3-6,13H2,1-2H3,(H,14,15)(H,16,17)/t8?,9?,10-/m0/s1. The maximum absolute atomic E-state index is 11.9. The van der Waals surface area contributed by atoms with Crippen LogP contribution in [0.2, 0.25) is 0 Å². The zero-order valence-corrected chi connectivity index (χ0v) is 10.5. The lowest BCUT2D eigenvalue weighted by molar-refractivity contribution is -0.144. The van der Waals surface area contributed by atoms with Gasteiger partial charge in [-0.1, -0.05) is 13.8 Å². The van der Waals surface area contributed by atoms with Crippen LogP contribution in [0, 0.1) is 11.8 Å². The Morgan fingerprint density at radius 3 is 2.18 bits per heavy atom. The van der Waals surface area contributed by atoms with Gasteiger partial charge in [-0.3, -0.25) is 4.79 Å². The van der Waals surface area contributed by atoms with E-state index >= 15 is 0 Å². The lowest BCUT2D eigenvalue weighted by Crippen LogP contribution is -2.47. The van der Waals surface area contributed by atoms with E-state index in [4.69, 9.17) is 10.8 Å². The van der Waals surface area contributed by atoms with E-state index in [1.165, 1.54) is 0 Å². The number of hydrogen-bond acceptors (Lipinski definition) is 3. The highest BCUT2D eigenvalue weighted by atomic mass is 16.4. The van der Waals surface area contributed by atoms with E-state index < -0.39 is 12.0 Å². The molecule has 4 N–H and O–H groups in total. The first-order valence-electron chi connectivity index (χ1n) is 6.20. The van der Waals surface area contributed by atoms with Gasteiger partial charge in [-0.15, -0.1) is 0 Å². The normalized spacial score (nSPS) is 26.6. The number of carboxylic acids is 1. The molecule has 1 aliphatic rings. The van der Waals surface area contributed by atoms with Gasteiger partial charge in [-0.2, -0.15) is 0 Å². The maximum Gasteiger partial charge on any atom is 0.326 e. The van der Waals surface area contributed by atoms with Crippen LogP contribution in [0.5, 0.6) is 0 Å². The number of hydrogen-bond donors (Lipinski definition) is 3. The maximum atomic E-state index is 11.9. The number of nitrogens with two attached hydrogens (primary N) is 1. The summed E-state index contributed by atoms with van der Waals surface area (Å²) in [6.45, 7) is 3.58. The molecule has 17 heavy (non-hydrogen) atoms. The van der Waals surface area contributed by atoms with Crippen LogP contribution in [0.25, 0.3) is 0 Å². The first-order chi connectivity index (χ1) is 7.91. The van der Waals surface area contributed by atoms with Crippen LogP contribution >= 0.6 is 0 Å². The third-order valence-electron chi connectivity index (χ3n) is 3.37. The van der Waals surface area contributed by atoms with E-state index in [-0.39, 0.29) is 23.8 Å². The molecule has 5 heteroatoms. The van der Waals surface area contributed by atoms with Gasteiger partial charge in [0.2, 0.25) is 5.91 Å². The van der Waals surface area contributed by atoms with Crippen LogP contribution in [-0.2, 0) is 9.59 Å². The molecule has 98 valence electrons. The van der Waals surface area contributed by atoms with Gasteiger partial charge in [0.1, 0.15) is 6.04 Å². The fourth-order valence-corrected chi connectivity index (χ4v) is 2.17. The predicted octanol–water partition coefficient (Wildman–Crippen LogP) is 0.729. The van der Waals surface area contributed by atoms with Crippen molar-refractivity contribution in [1.29, 1.82) is 0 Å². The molecule has 0 bridgehead atoms. The van der Waals surface area contributed by atoms with Crippen molar-refractivity contribution in [2.75, 3.05) is 0 Å². The highest BCUT2D eigenvalue weighted by Gasteiger charge is 2.29. The first-order valence-corrected chi connectivity index (χ1v) is 6.20. The molecule has 0 spiro atoms. The molecule has 1 atom stereocenters. The number of carbonyl (C=O) groups excluding carboxylic acids is 1. The average Bonchev–Trinajstić information content (AvgIpc) is 2.25. The summed E-state index contributed by atoms with van der Waals surface area (Å²) >= 11 is 0. The van der Waals surface area contributed by atoms with Crippen molar-refractivity contribution >= 4 is 11.9 Å². The van der Waals surface area contributed by atoms with E-state index in [1.807, 2.05) is 0 Å². The average molecular weight is 242 g/mol. The molecular weight excluding hydrogens is 220 g/mol. The summed E-state index contributed by atoms with van der Waals surface area (Å²) in [7, 11) is 0. The molecule has 0 aromatic carbocycles. The summed E-state index contributed by atoms with van der Waals surface area (Å²) < 4.78 is 0. The van der Waals surface area contributed by atoms with Gasteiger partial charge in [-0.25, -0.2) is 4.79 Å². The second-order valence-corrected chi connectivity index (χ2v) is 5.18. The highest BCUT2D eigenvalue weighted by Crippen LogP contribution is 2.23. The minimum absolute atomic E-state index is 0.0737. The quantitative estimate of drug-likeness (QED) is 0.677. The van der Waals surface area contributed by atoms with Crippen molar-refractivity contribution in [2.45, 2.75) is 51.6 Å². The lowest BCUT2D eigenvalue weighted by Gasteiger charge is -2.27. The number of carboxylic acid groups (broad SMARTS) is 1. The summed E-state index contributed by atoms with van der Waals surface area (Å²) in [6.07, 6.45) is 3.21. The van der Waals surface area contributed by atoms with Gasteiger partial charge in [0.25, 0.3) is 0 Å². The molecule has 0 radical (unpaired) electrons. The van der Waals surface area contributed by atoms with Crippen molar-refractivity contribution < 1.29 is 14.7 Å². The van der Waals surface area contributed by atoms with E-state index in [0.29, 0.717) is 0 Å². The van der Waals surface area contributed by atoms with Crippen LogP contribution in [0.3, 0.4) is 0 Å². The van der Waals surface area contributed by atoms with Gasteiger partial charge in [-0.05, 0) is 31.6 Å². The summed E-state index contributed by atoms with van der Waals surface area (Å²) in [4.78, 5) is 22.9. The van der Waals surface area contributed by atoms with E-state index in [9.17, 15) is 9.59 Å². The fourth-order valence-electron chi connectivity index (χ4n) is 2.17. The second kappa shape index (κ2) is 6.00. The number of amides is 1. The Bertz CT molecular complexity index is 283. The van der Waals surface area contributed by atoms with E-state index in [1.54, 1.807) is 13.8 Å². The summed E-state index contributed by atoms with van der Waals surface area (Å²) in [5, 5.41) is 11.6. The third-order valence-corrected chi connectivity index (χ3v) is 3.37. The first kappa shape index (κ1) is 14.0. The molecule has 0 saturated heterocycles. The molecule has 0 aromatic rings. The molecule has 1 saturated carbocycles. The second-order valence-electron chi connectivity index (χ2n) is 5.18. The molecule has 0 unspecified atom stereocenters. The Labute approximate surface area is 102 Å². The molecule has 1 fully saturated rings. The molecule has 0 aliphatic heterocycles. The minimum Gasteiger partial charge on any atom is -0.480 e. The Morgan fingerprint density at radius 1 is 1.24 bits per heavy atom. The highest BCUT2D eigenvalue weighted by molar-refractivity contribution is 5.85. The molecule has 5 nitrogen and oxygen atoms in total. The van der Waals surface area contributed by atoms with Crippen molar-refractivity contribution in [2.24, 2.45) is 17.6 Å². The van der Waals surface area contributed by atoms with Crippen LogP contribution in [0.1, 0.15) is 39.5 Å². The Balaban J connectivity index is 2.50.